The van der Waals surface area contributed by atoms with Crippen LogP contribution >= 0.6 is 11.6 Å². The van der Waals surface area contributed by atoms with Crippen LogP contribution < -0.4 is 15.4 Å². The summed E-state index contributed by atoms with van der Waals surface area (Å²) in [5.74, 6) is 1.37. The first-order valence-corrected chi connectivity index (χ1v) is 9.95. The summed E-state index contributed by atoms with van der Waals surface area (Å²) >= 11 is 5.99. The third-order valence-electron chi connectivity index (χ3n) is 4.44. The van der Waals surface area contributed by atoms with Crippen molar-refractivity contribution in [3.63, 3.8) is 0 Å². The first-order valence-electron chi connectivity index (χ1n) is 9.57. The Balaban J connectivity index is 1.73. The second-order valence-corrected chi connectivity index (χ2v) is 7.30. The van der Waals surface area contributed by atoms with Crippen LogP contribution in [0.2, 0.25) is 5.02 Å². The van der Waals surface area contributed by atoms with Crippen LogP contribution in [0.25, 0.3) is 0 Å². The molecule has 0 aliphatic heterocycles. The minimum Gasteiger partial charge on any atom is -0.497 e. The molecule has 0 radical (unpaired) electrons. The lowest BCUT2D eigenvalue weighted by atomic mass is 10.1. The summed E-state index contributed by atoms with van der Waals surface area (Å²) in [4.78, 5) is 17.2. The smallest absolute Gasteiger partial charge is 0.324 e. The van der Waals surface area contributed by atoms with E-state index in [9.17, 15) is 4.79 Å². The lowest BCUT2D eigenvalue weighted by Gasteiger charge is -2.12. The fraction of sp³-hybridized carbons (Fsp3) is 0.167. The molecule has 0 saturated carbocycles. The largest absolute Gasteiger partial charge is 0.497 e. The molecule has 0 fully saturated rings. The number of anilines is 1. The predicted octanol–water partition coefficient (Wildman–Crippen LogP) is 5.62. The number of carbonyl (C=O) groups excluding carboxylic acids is 1. The zero-order chi connectivity index (χ0) is 21.3. The third-order valence-corrected chi connectivity index (χ3v) is 4.68. The van der Waals surface area contributed by atoms with Gasteiger partial charge in [0.05, 0.1) is 13.7 Å². The standard InChI is InChI=1S/C24H24ClN3O2/c1-17-6-8-18(9-7-17)14-23(26-16-19-10-12-22(30-2)13-11-19)28-24(29)27-21-5-3-4-20(25)15-21/h3-13,15H,14,16H2,1-2H3,(H2,26,27,28,29). The monoisotopic (exact) mass is 421 g/mol. The SMILES string of the molecule is COc1ccc(CN=C(Cc2ccc(C)cc2)NC(=O)Nc2cccc(Cl)c2)cc1. The van der Waals surface area contributed by atoms with Crippen LogP contribution in [-0.2, 0) is 13.0 Å². The van der Waals surface area contributed by atoms with E-state index in [4.69, 9.17) is 16.3 Å². The lowest BCUT2D eigenvalue weighted by molar-refractivity contribution is 0.256. The summed E-state index contributed by atoms with van der Waals surface area (Å²) in [6, 6.07) is 22.5. The summed E-state index contributed by atoms with van der Waals surface area (Å²) in [5.41, 5.74) is 3.89. The van der Waals surface area contributed by atoms with Crippen LogP contribution in [0, 0.1) is 6.92 Å². The number of hydrogen-bond donors (Lipinski definition) is 2. The minimum atomic E-state index is -0.363. The lowest BCUT2D eigenvalue weighted by Crippen LogP contribution is -2.35. The Morgan fingerprint density at radius 3 is 2.37 bits per heavy atom. The van der Waals surface area contributed by atoms with Gasteiger partial charge in [0, 0.05) is 17.1 Å². The van der Waals surface area contributed by atoms with Gasteiger partial charge in [0.1, 0.15) is 11.6 Å². The zero-order valence-corrected chi connectivity index (χ0v) is 17.7. The number of ether oxygens (including phenoxy) is 1. The van der Waals surface area contributed by atoms with Crippen LogP contribution in [0.5, 0.6) is 5.75 Å². The van der Waals surface area contributed by atoms with Crippen molar-refractivity contribution in [3.8, 4) is 5.75 Å². The molecule has 0 saturated heterocycles. The maximum Gasteiger partial charge on any atom is 0.324 e. The number of amides is 2. The van der Waals surface area contributed by atoms with Gasteiger partial charge >= 0.3 is 6.03 Å². The Morgan fingerprint density at radius 1 is 1.00 bits per heavy atom. The molecular weight excluding hydrogens is 398 g/mol. The van der Waals surface area contributed by atoms with Crippen molar-refractivity contribution in [1.82, 2.24) is 5.32 Å². The van der Waals surface area contributed by atoms with Crippen molar-refractivity contribution in [1.29, 1.82) is 0 Å². The van der Waals surface area contributed by atoms with Crippen molar-refractivity contribution in [3.05, 3.63) is 94.5 Å². The number of aryl methyl sites for hydroxylation is 1. The Hall–Kier alpha value is -3.31. The molecule has 0 aromatic heterocycles. The molecule has 3 aromatic carbocycles. The van der Waals surface area contributed by atoms with Crippen molar-refractivity contribution >= 4 is 29.2 Å². The molecule has 0 heterocycles. The van der Waals surface area contributed by atoms with Crippen LogP contribution in [0.15, 0.2) is 77.8 Å². The molecular formula is C24H24ClN3O2. The highest BCUT2D eigenvalue weighted by atomic mass is 35.5. The van der Waals surface area contributed by atoms with Gasteiger partial charge in [-0.2, -0.15) is 0 Å². The fourth-order valence-electron chi connectivity index (χ4n) is 2.82. The van der Waals surface area contributed by atoms with E-state index in [0.717, 1.165) is 16.9 Å². The van der Waals surface area contributed by atoms with Gasteiger partial charge in [-0.25, -0.2) is 4.79 Å². The highest BCUT2D eigenvalue weighted by molar-refractivity contribution is 6.30. The van der Waals surface area contributed by atoms with E-state index in [0.29, 0.717) is 29.5 Å². The third kappa shape index (κ3) is 6.64. The van der Waals surface area contributed by atoms with E-state index in [1.165, 1.54) is 5.56 Å². The summed E-state index contributed by atoms with van der Waals surface area (Å²) in [7, 11) is 1.63. The van der Waals surface area contributed by atoms with Gasteiger partial charge < -0.3 is 10.1 Å². The van der Waals surface area contributed by atoms with Gasteiger partial charge in [-0.1, -0.05) is 59.6 Å². The second-order valence-electron chi connectivity index (χ2n) is 6.86. The number of nitrogens with zero attached hydrogens (tertiary/aromatic N) is 1. The molecule has 0 aliphatic rings. The number of benzene rings is 3. The van der Waals surface area contributed by atoms with Crippen molar-refractivity contribution < 1.29 is 9.53 Å². The molecule has 6 heteroatoms. The molecule has 154 valence electrons. The molecule has 0 aliphatic carbocycles. The summed E-state index contributed by atoms with van der Waals surface area (Å²) < 4.78 is 5.19. The molecule has 2 N–H and O–H groups in total. The molecule has 3 rings (SSSR count). The molecule has 2 amide bonds. The number of rotatable bonds is 6. The summed E-state index contributed by atoms with van der Waals surface area (Å²) in [5, 5.41) is 6.22. The highest BCUT2D eigenvalue weighted by Gasteiger charge is 2.08. The summed E-state index contributed by atoms with van der Waals surface area (Å²) in [6.45, 7) is 2.49. The quantitative estimate of drug-likeness (QED) is 0.400. The van der Waals surface area contributed by atoms with Crippen LogP contribution in [0.3, 0.4) is 0 Å². The van der Waals surface area contributed by atoms with Crippen LogP contribution in [0.1, 0.15) is 16.7 Å². The molecule has 3 aromatic rings. The number of amidine groups is 1. The van der Waals surface area contributed by atoms with E-state index in [1.807, 2.05) is 55.5 Å². The van der Waals surface area contributed by atoms with Crippen molar-refractivity contribution in [2.75, 3.05) is 12.4 Å². The molecule has 5 nitrogen and oxygen atoms in total. The molecule has 0 atom stereocenters. The molecule has 0 bridgehead atoms. The number of aliphatic imine (C=N–C) groups is 1. The molecule has 0 spiro atoms. The number of urea groups is 1. The predicted molar refractivity (Wildman–Crippen MR) is 123 cm³/mol. The Morgan fingerprint density at radius 2 is 1.70 bits per heavy atom. The minimum absolute atomic E-state index is 0.363. The van der Waals surface area contributed by atoms with Gasteiger partial charge in [0.25, 0.3) is 0 Å². The first-order chi connectivity index (χ1) is 14.5. The zero-order valence-electron chi connectivity index (χ0n) is 17.0. The fourth-order valence-corrected chi connectivity index (χ4v) is 3.01. The van der Waals surface area contributed by atoms with Gasteiger partial charge in [-0.3, -0.25) is 10.3 Å². The van der Waals surface area contributed by atoms with Gasteiger partial charge in [0.15, 0.2) is 0 Å². The van der Waals surface area contributed by atoms with Crippen molar-refractivity contribution in [2.45, 2.75) is 19.9 Å². The topological polar surface area (TPSA) is 62.7 Å². The van der Waals surface area contributed by atoms with Gasteiger partial charge in [-0.15, -0.1) is 0 Å². The average Bonchev–Trinajstić information content (AvgIpc) is 2.74. The van der Waals surface area contributed by atoms with E-state index in [2.05, 4.69) is 15.6 Å². The number of halogens is 1. The normalized spacial score (nSPS) is 11.1. The first kappa shape index (κ1) is 21.4. The number of methoxy groups -OCH3 is 1. The average molecular weight is 422 g/mol. The Kier molecular flexibility index (Phi) is 7.46. The van der Waals surface area contributed by atoms with Crippen LogP contribution in [-0.4, -0.2) is 19.0 Å². The number of hydrogen-bond acceptors (Lipinski definition) is 3. The number of carbonyl (C=O) groups is 1. The van der Waals surface area contributed by atoms with Crippen LogP contribution in [0.4, 0.5) is 10.5 Å². The van der Waals surface area contributed by atoms with Gasteiger partial charge in [0.2, 0.25) is 0 Å². The van der Waals surface area contributed by atoms with Crippen molar-refractivity contribution in [2.24, 2.45) is 4.99 Å². The molecule has 30 heavy (non-hydrogen) atoms. The van der Waals surface area contributed by atoms with E-state index in [1.54, 1.807) is 31.4 Å². The Bertz CT molecular complexity index is 1020. The van der Waals surface area contributed by atoms with E-state index < -0.39 is 0 Å². The maximum atomic E-state index is 12.5. The highest BCUT2D eigenvalue weighted by Crippen LogP contribution is 2.15. The van der Waals surface area contributed by atoms with E-state index >= 15 is 0 Å². The van der Waals surface area contributed by atoms with E-state index in [-0.39, 0.29) is 6.03 Å². The second kappa shape index (κ2) is 10.5. The maximum absolute atomic E-state index is 12.5. The van der Waals surface area contributed by atoms with Gasteiger partial charge in [-0.05, 0) is 48.4 Å². The summed E-state index contributed by atoms with van der Waals surface area (Å²) in [6.07, 6.45) is 0.513. The Labute approximate surface area is 181 Å². The number of nitrogens with one attached hydrogen (secondary N) is 2. The molecule has 0 unspecified atom stereocenters.